The number of carbonyl (C=O) groups is 2. The maximum atomic E-state index is 12.1. The highest BCUT2D eigenvalue weighted by atomic mass is 35.5. The monoisotopic (exact) mass is 421 g/mol. The molecule has 1 N–H and O–H groups in total. The molecule has 158 valence electrons. The number of benzene rings is 1. The summed E-state index contributed by atoms with van der Waals surface area (Å²) in [7, 11) is -0.670. The van der Waals surface area contributed by atoms with Gasteiger partial charge in [-0.1, -0.05) is 29.8 Å². The van der Waals surface area contributed by atoms with Crippen LogP contribution in [0.1, 0.15) is 64.4 Å². The quantitative estimate of drug-likeness (QED) is 0.551. The van der Waals surface area contributed by atoms with E-state index in [1.807, 2.05) is 27.7 Å². The number of nitrogens with one attached hydrogen (secondary N) is 1. The number of amides is 1. The topological polar surface area (TPSA) is 73.9 Å². The van der Waals surface area contributed by atoms with Crippen molar-refractivity contribution >= 4 is 37.2 Å². The van der Waals surface area contributed by atoms with Crippen LogP contribution in [0, 0.1) is 0 Å². The lowest BCUT2D eigenvalue weighted by atomic mass is 9.77. The van der Waals surface area contributed by atoms with Crippen molar-refractivity contribution in [3.8, 4) is 0 Å². The summed E-state index contributed by atoms with van der Waals surface area (Å²) < 4.78 is 17.6. The largest absolute Gasteiger partial charge is 0.492 e. The summed E-state index contributed by atoms with van der Waals surface area (Å²) in [4.78, 5) is 23.1. The minimum Gasteiger partial charge on any atom is -0.444 e. The summed E-state index contributed by atoms with van der Waals surface area (Å²) in [5.74, 6) is 0. The predicted molar refractivity (Wildman–Crippen MR) is 115 cm³/mol. The van der Waals surface area contributed by atoms with Gasteiger partial charge in [-0.15, -0.1) is 0 Å². The maximum absolute atomic E-state index is 12.1. The lowest BCUT2D eigenvalue weighted by Crippen LogP contribution is -2.41. The molecule has 1 aromatic carbocycles. The normalized spacial score (nSPS) is 18.5. The Hall–Kier alpha value is -1.83. The molecule has 0 unspecified atom stereocenters. The Morgan fingerprint density at radius 1 is 1.21 bits per heavy atom. The van der Waals surface area contributed by atoms with E-state index in [0.717, 1.165) is 6.29 Å². The van der Waals surface area contributed by atoms with Gasteiger partial charge in [-0.3, -0.25) is 4.79 Å². The van der Waals surface area contributed by atoms with Crippen LogP contribution < -0.4 is 5.32 Å². The fraction of sp³-hybridized carbons (Fsp3) is 0.524. The van der Waals surface area contributed by atoms with Crippen molar-refractivity contribution in [3.05, 3.63) is 39.8 Å². The molecule has 29 heavy (non-hydrogen) atoms. The number of rotatable bonds is 5. The van der Waals surface area contributed by atoms with E-state index >= 15 is 0 Å². The van der Waals surface area contributed by atoms with Gasteiger partial charge in [0.2, 0.25) is 0 Å². The zero-order valence-corrected chi connectivity index (χ0v) is 18.8. The summed E-state index contributed by atoms with van der Waals surface area (Å²) in [6.45, 7) is 13.4. The number of aldehydes is 1. The minimum atomic E-state index is -0.670. The lowest BCUT2D eigenvalue weighted by molar-refractivity contribution is 0.00578. The van der Waals surface area contributed by atoms with Gasteiger partial charge < -0.3 is 19.4 Å². The van der Waals surface area contributed by atoms with Gasteiger partial charge in [-0.05, 0) is 65.6 Å². The molecule has 0 saturated carbocycles. The standard InChI is InChI=1S/C21H29BClNO5/c1-19(2,3)27-18(26)24-12-16(22-28-20(4,5)21(6,7)29-22)11-15-9-8-14(13-25)10-17(15)23/h8-11,13H,12H2,1-7H3,(H,24,26). The fourth-order valence-electron chi connectivity index (χ4n) is 2.62. The van der Waals surface area contributed by atoms with E-state index in [2.05, 4.69) is 5.32 Å². The number of hydrogen-bond donors (Lipinski definition) is 1. The zero-order valence-electron chi connectivity index (χ0n) is 18.1. The van der Waals surface area contributed by atoms with Crippen LogP contribution in [0.25, 0.3) is 6.08 Å². The van der Waals surface area contributed by atoms with Crippen molar-refractivity contribution in [2.24, 2.45) is 0 Å². The Bertz CT molecular complexity index is 798. The molecule has 1 aliphatic heterocycles. The minimum absolute atomic E-state index is 0.150. The molecule has 1 saturated heterocycles. The molecule has 6 nitrogen and oxygen atoms in total. The summed E-state index contributed by atoms with van der Waals surface area (Å²) >= 11 is 6.32. The number of carbonyl (C=O) groups excluding carboxylic acids is 2. The lowest BCUT2D eigenvalue weighted by Gasteiger charge is -2.32. The number of hydrogen-bond acceptors (Lipinski definition) is 5. The van der Waals surface area contributed by atoms with Gasteiger partial charge in [0.05, 0.1) is 11.2 Å². The van der Waals surface area contributed by atoms with Crippen molar-refractivity contribution < 1.29 is 23.6 Å². The predicted octanol–water partition coefficient (Wildman–Crippen LogP) is 4.69. The molecule has 0 spiro atoms. The molecule has 1 amide bonds. The second-order valence-corrected chi connectivity index (χ2v) is 9.47. The number of alkyl carbamates (subject to hydrolysis) is 1. The smallest absolute Gasteiger partial charge is 0.444 e. The van der Waals surface area contributed by atoms with Crippen LogP contribution in [-0.4, -0.2) is 42.8 Å². The molecule has 1 aromatic rings. The first-order valence-electron chi connectivity index (χ1n) is 9.52. The second-order valence-electron chi connectivity index (χ2n) is 9.06. The van der Waals surface area contributed by atoms with Gasteiger partial charge in [-0.25, -0.2) is 4.79 Å². The first kappa shape index (κ1) is 23.5. The van der Waals surface area contributed by atoms with Gasteiger partial charge in [0.25, 0.3) is 0 Å². The zero-order chi connectivity index (χ0) is 22.0. The first-order valence-corrected chi connectivity index (χ1v) is 9.89. The molecule has 0 atom stereocenters. The van der Waals surface area contributed by atoms with Gasteiger partial charge in [0, 0.05) is 17.1 Å². The Labute approximate surface area is 178 Å². The van der Waals surface area contributed by atoms with Crippen LogP contribution in [0.15, 0.2) is 23.7 Å². The molecule has 2 rings (SSSR count). The molecule has 0 aromatic heterocycles. The third-order valence-electron chi connectivity index (χ3n) is 4.89. The second kappa shape index (κ2) is 8.50. The average molecular weight is 422 g/mol. The summed E-state index contributed by atoms with van der Waals surface area (Å²) in [6.07, 6.45) is 2.00. The highest BCUT2D eigenvalue weighted by Gasteiger charge is 2.52. The van der Waals surface area contributed by atoms with Gasteiger partial charge in [-0.2, -0.15) is 0 Å². The van der Waals surface area contributed by atoms with Crippen molar-refractivity contribution in [2.45, 2.75) is 65.3 Å². The highest BCUT2D eigenvalue weighted by molar-refractivity contribution is 6.56. The van der Waals surface area contributed by atoms with E-state index in [-0.39, 0.29) is 6.54 Å². The van der Waals surface area contributed by atoms with Crippen molar-refractivity contribution in [1.82, 2.24) is 5.32 Å². The number of ether oxygens (including phenoxy) is 1. The van der Waals surface area contributed by atoms with E-state index in [0.29, 0.717) is 21.6 Å². The molecule has 0 aliphatic carbocycles. The van der Waals surface area contributed by atoms with Crippen molar-refractivity contribution in [3.63, 3.8) is 0 Å². The molecular formula is C21H29BClNO5. The van der Waals surface area contributed by atoms with Gasteiger partial charge in [0.15, 0.2) is 0 Å². The molecule has 0 radical (unpaired) electrons. The molecule has 8 heteroatoms. The van der Waals surface area contributed by atoms with Crippen LogP contribution in [0.3, 0.4) is 0 Å². The fourth-order valence-corrected chi connectivity index (χ4v) is 2.86. The Kier molecular flexibility index (Phi) is 6.88. The molecule has 1 aliphatic rings. The average Bonchev–Trinajstić information content (AvgIpc) is 2.78. The molecule has 1 heterocycles. The summed E-state index contributed by atoms with van der Waals surface area (Å²) in [5, 5.41) is 3.16. The Morgan fingerprint density at radius 3 is 2.28 bits per heavy atom. The van der Waals surface area contributed by atoms with Crippen LogP contribution in [0.2, 0.25) is 5.02 Å². The highest BCUT2D eigenvalue weighted by Crippen LogP contribution is 2.39. The van der Waals surface area contributed by atoms with E-state index in [4.69, 9.17) is 25.6 Å². The van der Waals surface area contributed by atoms with E-state index in [1.54, 1.807) is 45.0 Å². The summed E-state index contributed by atoms with van der Waals surface area (Å²) in [6, 6.07) is 5.00. The van der Waals surface area contributed by atoms with E-state index in [9.17, 15) is 9.59 Å². The van der Waals surface area contributed by atoms with E-state index in [1.165, 1.54) is 0 Å². The Morgan fingerprint density at radius 2 is 1.79 bits per heavy atom. The van der Waals surface area contributed by atoms with E-state index < -0.39 is 30.0 Å². The van der Waals surface area contributed by atoms with Crippen molar-refractivity contribution in [2.75, 3.05) is 6.54 Å². The van der Waals surface area contributed by atoms with Crippen LogP contribution in [0.4, 0.5) is 4.79 Å². The van der Waals surface area contributed by atoms with Crippen LogP contribution in [0.5, 0.6) is 0 Å². The van der Waals surface area contributed by atoms with Crippen LogP contribution in [-0.2, 0) is 14.0 Å². The van der Waals surface area contributed by atoms with Crippen molar-refractivity contribution in [1.29, 1.82) is 0 Å². The third kappa shape index (κ3) is 6.08. The maximum Gasteiger partial charge on any atom is 0.492 e. The first-order chi connectivity index (χ1) is 13.2. The Balaban J connectivity index is 2.31. The number of halogens is 1. The SMILES string of the molecule is CC(C)(C)OC(=O)NCC(=Cc1ccc(C=O)cc1Cl)B1OC(C)(C)C(C)(C)O1. The molecule has 1 fully saturated rings. The van der Waals surface area contributed by atoms with Crippen LogP contribution >= 0.6 is 11.6 Å². The molecule has 0 bridgehead atoms. The van der Waals surface area contributed by atoms with Gasteiger partial charge in [0.1, 0.15) is 11.9 Å². The summed E-state index contributed by atoms with van der Waals surface area (Å²) in [5.41, 5.74) is 0.174. The third-order valence-corrected chi connectivity index (χ3v) is 5.22. The van der Waals surface area contributed by atoms with Gasteiger partial charge >= 0.3 is 13.2 Å². The molecular weight excluding hydrogens is 392 g/mol.